The normalized spacial score (nSPS) is 11.7. The number of nitrogens with zero attached hydrogens (tertiary/aromatic N) is 2. The van der Waals surface area contributed by atoms with Crippen LogP contribution in [-0.2, 0) is 12.7 Å². The third-order valence-electron chi connectivity index (χ3n) is 2.67. The van der Waals surface area contributed by atoms with E-state index in [1.807, 2.05) is 5.43 Å². The van der Waals surface area contributed by atoms with Crippen LogP contribution in [0.25, 0.3) is 0 Å². The second kappa shape index (κ2) is 5.00. The largest absolute Gasteiger partial charge is 0.456 e. The topological polar surface area (TPSA) is 86.1 Å². The average molecular weight is 288 g/mol. The number of nitrogen functional groups attached to an aromatic ring is 1. The van der Waals surface area contributed by atoms with Gasteiger partial charge >= 0.3 is 12.1 Å². The molecule has 0 saturated carbocycles. The molecule has 2 heterocycles. The van der Waals surface area contributed by atoms with Crippen LogP contribution in [0.5, 0.6) is 0 Å². The summed E-state index contributed by atoms with van der Waals surface area (Å²) < 4.78 is 43.6. The van der Waals surface area contributed by atoms with Gasteiger partial charge in [-0.3, -0.25) is 14.9 Å². The highest BCUT2D eigenvalue weighted by Crippen LogP contribution is 2.28. The fraction of sp³-hybridized carbons (Fsp3) is 0.273. The fourth-order valence-corrected chi connectivity index (χ4v) is 1.63. The molecule has 6 nitrogen and oxygen atoms in total. The van der Waals surface area contributed by atoms with Crippen molar-refractivity contribution in [1.29, 1.82) is 0 Å². The van der Waals surface area contributed by atoms with E-state index in [9.17, 15) is 18.0 Å². The number of amides is 1. The molecule has 0 radical (unpaired) electrons. The van der Waals surface area contributed by atoms with Crippen molar-refractivity contribution >= 4 is 5.91 Å². The second-order valence-corrected chi connectivity index (χ2v) is 4.09. The Labute approximate surface area is 111 Å². The number of hydrazine groups is 1. The van der Waals surface area contributed by atoms with E-state index in [0.717, 1.165) is 17.1 Å². The molecule has 2 aromatic heterocycles. The molecular formula is C11H11F3N4O2. The molecule has 0 aromatic carbocycles. The van der Waals surface area contributed by atoms with Crippen molar-refractivity contribution in [3.8, 4) is 0 Å². The van der Waals surface area contributed by atoms with Crippen molar-refractivity contribution in [2.24, 2.45) is 5.84 Å². The first kappa shape index (κ1) is 14.1. The highest BCUT2D eigenvalue weighted by molar-refractivity contribution is 5.91. The molecule has 0 atom stereocenters. The van der Waals surface area contributed by atoms with Crippen LogP contribution in [0.4, 0.5) is 13.2 Å². The monoisotopic (exact) mass is 288 g/mol. The van der Waals surface area contributed by atoms with E-state index in [1.54, 1.807) is 6.92 Å². The number of hydrogen-bond acceptors (Lipinski definition) is 4. The molecule has 0 bridgehead atoms. The molecule has 0 saturated heterocycles. The van der Waals surface area contributed by atoms with Gasteiger partial charge in [-0.2, -0.15) is 18.3 Å². The third-order valence-corrected chi connectivity index (χ3v) is 2.67. The van der Waals surface area contributed by atoms with Crippen LogP contribution in [0.2, 0.25) is 0 Å². The molecule has 0 aliphatic carbocycles. The van der Waals surface area contributed by atoms with Crippen LogP contribution in [0.3, 0.4) is 0 Å². The molecule has 0 aliphatic heterocycles. The number of aryl methyl sites for hydroxylation is 1. The average Bonchev–Trinajstić information content (AvgIpc) is 2.96. The molecule has 108 valence electrons. The van der Waals surface area contributed by atoms with Gasteiger partial charge in [0.2, 0.25) is 0 Å². The van der Waals surface area contributed by atoms with Crippen LogP contribution in [0.1, 0.15) is 27.4 Å². The van der Waals surface area contributed by atoms with Gasteiger partial charge < -0.3 is 4.42 Å². The number of carbonyl (C=O) groups excluding carboxylic acids is 1. The van der Waals surface area contributed by atoms with Crippen molar-refractivity contribution < 1.29 is 22.4 Å². The van der Waals surface area contributed by atoms with E-state index in [-0.39, 0.29) is 12.3 Å². The van der Waals surface area contributed by atoms with E-state index in [1.165, 1.54) is 6.07 Å². The number of halogens is 3. The smallest absolute Gasteiger partial charge is 0.419 e. The van der Waals surface area contributed by atoms with Crippen LogP contribution in [-0.4, -0.2) is 15.7 Å². The highest BCUT2D eigenvalue weighted by Gasteiger charge is 2.32. The van der Waals surface area contributed by atoms with Crippen molar-refractivity contribution in [2.45, 2.75) is 19.6 Å². The minimum Gasteiger partial charge on any atom is -0.456 e. The summed E-state index contributed by atoms with van der Waals surface area (Å²) in [6.07, 6.45) is -2.81. The van der Waals surface area contributed by atoms with Crippen molar-refractivity contribution in [2.75, 3.05) is 0 Å². The number of carbonyl (C=O) groups is 1. The molecule has 0 aliphatic rings. The summed E-state index contributed by atoms with van der Waals surface area (Å²) in [5.74, 6) is 4.75. The Bertz CT molecular complexity index is 630. The Morgan fingerprint density at radius 1 is 1.55 bits per heavy atom. The summed E-state index contributed by atoms with van der Waals surface area (Å²) in [6, 6.07) is 1.41. The quantitative estimate of drug-likeness (QED) is 0.508. The lowest BCUT2D eigenvalue weighted by Gasteiger charge is -2.01. The molecule has 0 fully saturated rings. The van der Waals surface area contributed by atoms with E-state index < -0.39 is 17.6 Å². The van der Waals surface area contributed by atoms with Gasteiger partial charge in [-0.25, -0.2) is 5.84 Å². The van der Waals surface area contributed by atoms with Gasteiger partial charge in [-0.15, -0.1) is 0 Å². The van der Waals surface area contributed by atoms with Gasteiger partial charge in [-0.1, -0.05) is 0 Å². The number of hydrogen-bond donors (Lipinski definition) is 2. The molecule has 2 rings (SSSR count). The maximum absolute atomic E-state index is 12.4. The Morgan fingerprint density at radius 3 is 2.80 bits per heavy atom. The summed E-state index contributed by atoms with van der Waals surface area (Å²) in [5, 5.41) is 3.62. The van der Waals surface area contributed by atoms with Crippen molar-refractivity contribution in [3.63, 3.8) is 0 Å². The lowest BCUT2D eigenvalue weighted by molar-refractivity contribution is -0.137. The molecule has 1 amide bonds. The van der Waals surface area contributed by atoms with Gasteiger partial charge in [0.05, 0.1) is 18.3 Å². The number of aromatic nitrogens is 2. The van der Waals surface area contributed by atoms with Crippen LogP contribution in [0.15, 0.2) is 22.9 Å². The Hall–Kier alpha value is -2.29. The van der Waals surface area contributed by atoms with Crippen LogP contribution in [0, 0.1) is 6.92 Å². The lowest BCUT2D eigenvalue weighted by Crippen LogP contribution is -2.29. The van der Waals surface area contributed by atoms with E-state index in [2.05, 4.69) is 5.10 Å². The summed E-state index contributed by atoms with van der Waals surface area (Å²) >= 11 is 0. The molecule has 0 spiro atoms. The van der Waals surface area contributed by atoms with Gasteiger partial charge in [0.15, 0.2) is 5.76 Å². The first-order chi connectivity index (χ1) is 9.31. The molecule has 9 heteroatoms. The number of furan rings is 1. The van der Waals surface area contributed by atoms with Crippen LogP contribution >= 0.6 is 0 Å². The van der Waals surface area contributed by atoms with E-state index in [4.69, 9.17) is 10.3 Å². The standard InChI is InChI=1S/C11H11F3N4O2/c1-6-7(2-9(20-6)10(19)17-15)4-18-5-8(3-16-18)11(12,13)14/h2-3,5H,4,15H2,1H3,(H,17,19). The SMILES string of the molecule is Cc1oc(C(=O)NN)cc1Cn1cc(C(F)(F)F)cn1. The maximum atomic E-state index is 12.4. The first-order valence-corrected chi connectivity index (χ1v) is 5.51. The molecule has 2 aromatic rings. The van der Waals surface area contributed by atoms with E-state index in [0.29, 0.717) is 11.3 Å². The Balaban J connectivity index is 2.20. The predicted octanol–water partition coefficient (Wildman–Crippen LogP) is 1.46. The highest BCUT2D eigenvalue weighted by atomic mass is 19.4. The Morgan fingerprint density at radius 2 is 2.25 bits per heavy atom. The van der Waals surface area contributed by atoms with Gasteiger partial charge in [0.1, 0.15) is 5.76 Å². The van der Waals surface area contributed by atoms with E-state index >= 15 is 0 Å². The minimum atomic E-state index is -4.44. The molecule has 3 N–H and O–H groups in total. The summed E-state index contributed by atoms with van der Waals surface area (Å²) in [7, 11) is 0. The van der Waals surface area contributed by atoms with Gasteiger partial charge in [-0.05, 0) is 13.0 Å². The van der Waals surface area contributed by atoms with Crippen LogP contribution < -0.4 is 11.3 Å². The molecule has 20 heavy (non-hydrogen) atoms. The van der Waals surface area contributed by atoms with Gasteiger partial charge in [0.25, 0.3) is 0 Å². The zero-order valence-electron chi connectivity index (χ0n) is 10.4. The fourth-order valence-electron chi connectivity index (χ4n) is 1.63. The minimum absolute atomic E-state index is 0.0109. The zero-order valence-corrected chi connectivity index (χ0v) is 10.4. The second-order valence-electron chi connectivity index (χ2n) is 4.09. The number of nitrogens with one attached hydrogen (secondary N) is 1. The van der Waals surface area contributed by atoms with Gasteiger partial charge in [0, 0.05) is 11.8 Å². The van der Waals surface area contributed by atoms with Crippen molar-refractivity contribution in [3.05, 3.63) is 41.1 Å². The maximum Gasteiger partial charge on any atom is 0.419 e. The number of rotatable bonds is 3. The predicted molar refractivity (Wildman–Crippen MR) is 61.4 cm³/mol. The first-order valence-electron chi connectivity index (χ1n) is 5.51. The zero-order chi connectivity index (χ0) is 14.9. The van der Waals surface area contributed by atoms with Crippen molar-refractivity contribution in [1.82, 2.24) is 15.2 Å². The third kappa shape index (κ3) is 2.82. The molecular weight excluding hydrogens is 277 g/mol. The molecule has 0 unspecified atom stereocenters. The summed E-state index contributed by atoms with van der Waals surface area (Å²) in [4.78, 5) is 11.3. The number of nitrogens with two attached hydrogens (primary N) is 1. The lowest BCUT2D eigenvalue weighted by atomic mass is 10.2. The summed E-state index contributed by atoms with van der Waals surface area (Å²) in [5.41, 5.74) is 1.61. The summed E-state index contributed by atoms with van der Waals surface area (Å²) in [6.45, 7) is 1.65. The Kier molecular flexibility index (Phi) is 3.53. The number of alkyl halides is 3.